The minimum absolute atomic E-state index is 0.00151. The van der Waals surface area contributed by atoms with E-state index in [1.54, 1.807) is 24.3 Å². The number of aromatic nitrogens is 3. The zero-order valence-electron chi connectivity index (χ0n) is 16.5. The van der Waals surface area contributed by atoms with Crippen molar-refractivity contribution in [2.75, 3.05) is 0 Å². The van der Waals surface area contributed by atoms with Gasteiger partial charge in [-0.1, -0.05) is 35.4 Å². The fourth-order valence-electron chi connectivity index (χ4n) is 3.54. The zero-order chi connectivity index (χ0) is 22.5. The maximum Gasteiger partial charge on any atom is 0.417 e. The lowest BCUT2D eigenvalue weighted by molar-refractivity contribution is -0.136. The summed E-state index contributed by atoms with van der Waals surface area (Å²) in [5.74, 6) is -0.662. The van der Waals surface area contributed by atoms with Gasteiger partial charge in [-0.25, -0.2) is 9.07 Å². The molecule has 4 aromatic rings. The third kappa shape index (κ3) is 3.72. The number of hydrogen-bond donors (Lipinski definition) is 0. The Morgan fingerprint density at radius 3 is 2.35 bits per heavy atom. The molecule has 0 aliphatic rings. The molecule has 0 aliphatic carbocycles. The van der Waals surface area contributed by atoms with Gasteiger partial charge in [0.15, 0.2) is 0 Å². The van der Waals surface area contributed by atoms with Crippen LogP contribution >= 0.6 is 11.6 Å². The average Bonchev–Trinajstić information content (AvgIpc) is 3.03. The van der Waals surface area contributed by atoms with Gasteiger partial charge in [-0.3, -0.25) is 9.36 Å². The molecule has 0 radical (unpaired) electrons. The molecule has 4 rings (SSSR count). The van der Waals surface area contributed by atoms with Crippen molar-refractivity contribution in [3.05, 3.63) is 92.1 Å². The molecule has 2 aromatic heterocycles. The van der Waals surface area contributed by atoms with Crippen molar-refractivity contribution in [3.63, 3.8) is 0 Å². The summed E-state index contributed by atoms with van der Waals surface area (Å²) in [5, 5.41) is 4.13. The van der Waals surface area contributed by atoms with Gasteiger partial charge in [0.1, 0.15) is 11.5 Å². The monoisotopic (exact) mass is 449 g/mol. The largest absolute Gasteiger partial charge is 0.417 e. The van der Waals surface area contributed by atoms with Crippen molar-refractivity contribution >= 4 is 22.6 Å². The first kappa shape index (κ1) is 21.1. The van der Waals surface area contributed by atoms with Crippen LogP contribution in [0.4, 0.5) is 17.6 Å². The number of fused-ring (bicyclic) bond motifs is 1. The molecule has 0 saturated heterocycles. The van der Waals surface area contributed by atoms with Crippen LogP contribution in [0.25, 0.3) is 16.7 Å². The molecule has 160 valence electrons. The van der Waals surface area contributed by atoms with E-state index in [4.69, 9.17) is 11.6 Å². The lowest BCUT2D eigenvalue weighted by Crippen LogP contribution is -2.25. The maximum atomic E-state index is 14.4. The van der Waals surface area contributed by atoms with Gasteiger partial charge < -0.3 is 0 Å². The predicted octanol–water partition coefficient (Wildman–Crippen LogP) is 5.66. The number of nitrogens with zero attached hydrogens (tertiary/aromatic N) is 3. The Kier molecular flexibility index (Phi) is 5.13. The van der Waals surface area contributed by atoms with E-state index in [1.165, 1.54) is 29.8 Å². The van der Waals surface area contributed by atoms with Crippen LogP contribution in [-0.2, 0) is 12.7 Å². The first-order valence-corrected chi connectivity index (χ1v) is 9.66. The Hall–Kier alpha value is -3.13. The summed E-state index contributed by atoms with van der Waals surface area (Å²) in [5.41, 5.74) is -0.593. The molecule has 0 saturated carbocycles. The third-order valence-corrected chi connectivity index (χ3v) is 5.41. The van der Waals surface area contributed by atoms with E-state index in [2.05, 4.69) is 5.10 Å². The second kappa shape index (κ2) is 7.53. The van der Waals surface area contributed by atoms with Crippen LogP contribution in [0.15, 0.2) is 53.3 Å². The van der Waals surface area contributed by atoms with Crippen LogP contribution < -0.4 is 5.56 Å². The van der Waals surface area contributed by atoms with Crippen molar-refractivity contribution in [2.45, 2.75) is 26.6 Å². The van der Waals surface area contributed by atoms with E-state index >= 15 is 0 Å². The molecule has 31 heavy (non-hydrogen) atoms. The lowest BCUT2D eigenvalue weighted by Gasteiger charge is -2.16. The lowest BCUT2D eigenvalue weighted by atomic mass is 10.1. The fraction of sp³-hybridized carbons (Fsp3) is 0.182. The standard InChI is InChI=1S/C22H16ClF4N3O/c1-12-6-8-14(9-7-12)30-21-20(13(2)28-30)16(22(25,26)27)10-19(31)29(21)11-15-17(23)4-3-5-18(15)24/h3-10H,11H2,1-2H3. The Labute approximate surface area is 179 Å². The number of rotatable bonds is 3. The van der Waals surface area contributed by atoms with E-state index < -0.39 is 23.1 Å². The van der Waals surface area contributed by atoms with Gasteiger partial charge in [0.2, 0.25) is 0 Å². The summed E-state index contributed by atoms with van der Waals surface area (Å²) in [7, 11) is 0. The second-order valence-electron chi connectivity index (χ2n) is 7.21. The number of benzene rings is 2. The Morgan fingerprint density at radius 1 is 1.06 bits per heavy atom. The highest BCUT2D eigenvalue weighted by molar-refractivity contribution is 6.31. The molecule has 0 N–H and O–H groups in total. The summed E-state index contributed by atoms with van der Waals surface area (Å²) in [6.45, 7) is 2.96. The summed E-state index contributed by atoms with van der Waals surface area (Å²) in [4.78, 5) is 12.8. The van der Waals surface area contributed by atoms with Crippen LogP contribution in [0.2, 0.25) is 5.02 Å². The van der Waals surface area contributed by atoms with Crippen LogP contribution in [0.3, 0.4) is 0 Å². The summed E-state index contributed by atoms with van der Waals surface area (Å²) < 4.78 is 58.0. The van der Waals surface area contributed by atoms with E-state index in [9.17, 15) is 22.4 Å². The van der Waals surface area contributed by atoms with Crippen LogP contribution in [-0.4, -0.2) is 14.3 Å². The molecule has 0 aliphatic heterocycles. The van der Waals surface area contributed by atoms with Crippen molar-refractivity contribution in [2.24, 2.45) is 0 Å². The molecule has 0 fully saturated rings. The molecule has 0 spiro atoms. The summed E-state index contributed by atoms with van der Waals surface area (Å²) >= 11 is 6.11. The molecule has 4 nitrogen and oxygen atoms in total. The molecule has 2 aromatic carbocycles. The summed E-state index contributed by atoms with van der Waals surface area (Å²) in [6, 6.07) is 11.5. The van der Waals surface area contributed by atoms with Crippen LogP contribution in [0.5, 0.6) is 0 Å². The Bertz CT molecular complexity index is 1330. The number of halogens is 5. The number of pyridine rings is 1. The Balaban J connectivity index is 2.09. The molecule has 0 bridgehead atoms. The molecule has 2 heterocycles. The molecular weight excluding hydrogens is 434 g/mol. The highest BCUT2D eigenvalue weighted by Gasteiger charge is 2.36. The predicted molar refractivity (Wildman–Crippen MR) is 110 cm³/mol. The minimum atomic E-state index is -4.77. The zero-order valence-corrected chi connectivity index (χ0v) is 17.2. The number of aryl methyl sites for hydroxylation is 2. The maximum absolute atomic E-state index is 14.4. The number of alkyl halides is 3. The van der Waals surface area contributed by atoms with Crippen molar-refractivity contribution in [1.82, 2.24) is 14.3 Å². The molecule has 9 heteroatoms. The fourth-order valence-corrected chi connectivity index (χ4v) is 3.76. The van der Waals surface area contributed by atoms with E-state index in [-0.39, 0.29) is 33.9 Å². The van der Waals surface area contributed by atoms with E-state index in [0.29, 0.717) is 11.8 Å². The third-order valence-electron chi connectivity index (χ3n) is 5.06. The van der Waals surface area contributed by atoms with Crippen molar-refractivity contribution in [1.29, 1.82) is 0 Å². The quantitative estimate of drug-likeness (QED) is 0.378. The highest BCUT2D eigenvalue weighted by atomic mass is 35.5. The van der Waals surface area contributed by atoms with Crippen molar-refractivity contribution in [3.8, 4) is 5.69 Å². The Morgan fingerprint density at radius 2 is 1.74 bits per heavy atom. The van der Waals surface area contributed by atoms with Gasteiger partial charge in [0.05, 0.1) is 28.9 Å². The molecule has 0 atom stereocenters. The van der Waals surface area contributed by atoms with Gasteiger partial charge in [0.25, 0.3) is 5.56 Å². The smallest absolute Gasteiger partial charge is 0.288 e. The first-order chi connectivity index (χ1) is 14.6. The van der Waals surface area contributed by atoms with E-state index in [1.807, 2.05) is 6.92 Å². The average molecular weight is 450 g/mol. The minimum Gasteiger partial charge on any atom is -0.288 e. The second-order valence-corrected chi connectivity index (χ2v) is 7.62. The van der Waals surface area contributed by atoms with Crippen molar-refractivity contribution < 1.29 is 17.6 Å². The van der Waals surface area contributed by atoms with Crippen LogP contribution in [0, 0.1) is 19.7 Å². The number of hydrogen-bond acceptors (Lipinski definition) is 2. The normalized spacial score (nSPS) is 12.0. The van der Waals surface area contributed by atoms with Crippen LogP contribution in [0.1, 0.15) is 22.4 Å². The topological polar surface area (TPSA) is 39.8 Å². The molecule has 0 unspecified atom stereocenters. The van der Waals surface area contributed by atoms with Gasteiger partial charge in [-0.2, -0.15) is 18.3 Å². The van der Waals surface area contributed by atoms with E-state index in [0.717, 1.165) is 10.1 Å². The molecular formula is C22H16ClF4N3O. The molecule has 0 amide bonds. The summed E-state index contributed by atoms with van der Waals surface area (Å²) in [6.07, 6.45) is -4.77. The van der Waals surface area contributed by atoms with Gasteiger partial charge >= 0.3 is 6.18 Å². The van der Waals surface area contributed by atoms with Gasteiger partial charge in [-0.05, 0) is 38.1 Å². The first-order valence-electron chi connectivity index (χ1n) is 9.28. The SMILES string of the molecule is Cc1ccc(-n2nc(C)c3c(C(F)(F)F)cc(=O)n(Cc4c(F)cccc4Cl)c32)cc1. The van der Waals surface area contributed by atoms with Gasteiger partial charge in [-0.15, -0.1) is 0 Å². The van der Waals surface area contributed by atoms with Gasteiger partial charge in [0, 0.05) is 16.7 Å². The highest BCUT2D eigenvalue weighted by Crippen LogP contribution is 2.36.